The minimum Gasteiger partial charge on any atom is -0.361 e. The Balaban J connectivity index is 1.73. The number of aromatic amines is 1. The van der Waals surface area contributed by atoms with Crippen molar-refractivity contribution in [2.24, 2.45) is 7.05 Å². The highest BCUT2D eigenvalue weighted by molar-refractivity contribution is 5.93. The van der Waals surface area contributed by atoms with E-state index in [2.05, 4.69) is 120 Å². The smallest absolute Gasteiger partial charge is 0.0480 e. The summed E-state index contributed by atoms with van der Waals surface area (Å²) in [7, 11) is 2.14. The van der Waals surface area contributed by atoms with Crippen molar-refractivity contribution in [2.45, 2.75) is 5.92 Å². The first-order valence-electron chi connectivity index (χ1n) is 10.4. The van der Waals surface area contributed by atoms with Crippen LogP contribution >= 0.6 is 0 Å². The van der Waals surface area contributed by atoms with Crippen LogP contribution in [-0.2, 0) is 7.05 Å². The SMILES string of the molecule is Cn1cc(C(c2cccc3ccccc23)c2c[nH]c3ccccc23)c2ccccc21. The van der Waals surface area contributed by atoms with Crippen LogP contribution in [0, 0.1) is 0 Å². The molecule has 0 saturated carbocycles. The number of fused-ring (bicyclic) bond motifs is 3. The molecule has 0 spiro atoms. The molecular weight excluding hydrogens is 364 g/mol. The van der Waals surface area contributed by atoms with Crippen molar-refractivity contribution in [2.75, 3.05) is 0 Å². The topological polar surface area (TPSA) is 20.7 Å². The standard InChI is InChI=1S/C28H22N2/c1-30-18-25(22-13-5-7-16-27(22)30)28(24-17-29-26-15-6-4-12-21(24)26)23-14-8-10-19-9-2-3-11-20(19)23/h2-18,28-29H,1H3. The number of H-pyrrole nitrogens is 1. The van der Waals surface area contributed by atoms with Crippen LogP contribution in [0.4, 0.5) is 0 Å². The highest BCUT2D eigenvalue weighted by Gasteiger charge is 2.25. The van der Waals surface area contributed by atoms with Gasteiger partial charge in [-0.1, -0.05) is 78.9 Å². The lowest BCUT2D eigenvalue weighted by molar-refractivity contribution is 0.934. The van der Waals surface area contributed by atoms with E-state index < -0.39 is 0 Å². The molecule has 0 aliphatic rings. The maximum Gasteiger partial charge on any atom is 0.0480 e. The number of hydrogen-bond acceptors (Lipinski definition) is 0. The first-order chi connectivity index (χ1) is 14.8. The number of aryl methyl sites for hydroxylation is 1. The van der Waals surface area contributed by atoms with Gasteiger partial charge in [0.2, 0.25) is 0 Å². The molecule has 1 N–H and O–H groups in total. The second-order valence-corrected chi connectivity index (χ2v) is 8.00. The van der Waals surface area contributed by atoms with Crippen LogP contribution < -0.4 is 0 Å². The van der Waals surface area contributed by atoms with Crippen molar-refractivity contribution in [1.29, 1.82) is 0 Å². The van der Waals surface area contributed by atoms with Crippen molar-refractivity contribution in [1.82, 2.24) is 9.55 Å². The Morgan fingerprint density at radius 1 is 0.633 bits per heavy atom. The van der Waals surface area contributed by atoms with Crippen LogP contribution in [0.5, 0.6) is 0 Å². The van der Waals surface area contributed by atoms with Gasteiger partial charge in [0.05, 0.1) is 0 Å². The van der Waals surface area contributed by atoms with Crippen molar-refractivity contribution in [3.63, 3.8) is 0 Å². The number of rotatable bonds is 3. The number of benzene rings is 4. The summed E-state index contributed by atoms with van der Waals surface area (Å²) < 4.78 is 2.25. The summed E-state index contributed by atoms with van der Waals surface area (Å²) in [5, 5.41) is 5.18. The number of nitrogens with one attached hydrogen (secondary N) is 1. The minimum atomic E-state index is 0.137. The minimum absolute atomic E-state index is 0.137. The molecule has 0 fully saturated rings. The van der Waals surface area contributed by atoms with Crippen LogP contribution in [0.1, 0.15) is 22.6 Å². The Kier molecular flexibility index (Phi) is 3.78. The second-order valence-electron chi connectivity index (χ2n) is 8.00. The Labute approximate surface area is 175 Å². The Bertz CT molecular complexity index is 1510. The molecule has 6 rings (SSSR count). The van der Waals surface area contributed by atoms with E-state index >= 15 is 0 Å². The molecule has 1 unspecified atom stereocenters. The summed E-state index contributed by atoms with van der Waals surface area (Å²) >= 11 is 0. The third-order valence-corrected chi connectivity index (χ3v) is 6.31. The number of aromatic nitrogens is 2. The van der Waals surface area contributed by atoms with Gasteiger partial charge in [0.25, 0.3) is 0 Å². The number of para-hydroxylation sites is 2. The van der Waals surface area contributed by atoms with E-state index in [9.17, 15) is 0 Å². The van der Waals surface area contributed by atoms with E-state index in [0.29, 0.717) is 0 Å². The average Bonchev–Trinajstić information content (AvgIpc) is 3.37. The van der Waals surface area contributed by atoms with E-state index in [1.54, 1.807) is 0 Å². The highest BCUT2D eigenvalue weighted by atomic mass is 14.9. The molecule has 30 heavy (non-hydrogen) atoms. The van der Waals surface area contributed by atoms with Crippen molar-refractivity contribution < 1.29 is 0 Å². The van der Waals surface area contributed by atoms with Crippen LogP contribution in [0.15, 0.2) is 103 Å². The lowest BCUT2D eigenvalue weighted by Gasteiger charge is -2.19. The molecule has 0 saturated heterocycles. The quantitative estimate of drug-likeness (QED) is 0.338. The maximum atomic E-state index is 3.50. The van der Waals surface area contributed by atoms with Gasteiger partial charge in [0.15, 0.2) is 0 Å². The van der Waals surface area contributed by atoms with Crippen LogP contribution in [0.25, 0.3) is 32.6 Å². The molecule has 0 aliphatic carbocycles. The van der Waals surface area contributed by atoms with Crippen molar-refractivity contribution >= 4 is 32.6 Å². The first-order valence-corrected chi connectivity index (χ1v) is 10.4. The fraction of sp³-hybridized carbons (Fsp3) is 0.0714. The third-order valence-electron chi connectivity index (χ3n) is 6.31. The van der Waals surface area contributed by atoms with Gasteiger partial charge in [-0.15, -0.1) is 0 Å². The van der Waals surface area contributed by atoms with Crippen molar-refractivity contribution in [3.8, 4) is 0 Å². The summed E-state index contributed by atoms with van der Waals surface area (Å²) in [6.45, 7) is 0. The lowest BCUT2D eigenvalue weighted by Crippen LogP contribution is -2.03. The zero-order valence-electron chi connectivity index (χ0n) is 16.8. The average molecular weight is 386 g/mol. The zero-order chi connectivity index (χ0) is 20.1. The molecule has 2 aromatic heterocycles. The molecule has 0 bridgehead atoms. The summed E-state index contributed by atoms with van der Waals surface area (Å²) in [5.74, 6) is 0.137. The van der Waals surface area contributed by atoms with Crippen molar-refractivity contribution in [3.05, 3.63) is 120 Å². The predicted octanol–water partition coefficient (Wildman–Crippen LogP) is 6.99. The van der Waals surface area contributed by atoms with Gasteiger partial charge in [0.1, 0.15) is 0 Å². The molecule has 144 valence electrons. The van der Waals surface area contributed by atoms with E-state index in [0.717, 1.165) is 0 Å². The first kappa shape index (κ1) is 17.1. The number of nitrogens with zero attached hydrogens (tertiary/aromatic N) is 1. The molecule has 2 heterocycles. The van der Waals surface area contributed by atoms with Crippen LogP contribution in [-0.4, -0.2) is 9.55 Å². The van der Waals surface area contributed by atoms with Crippen LogP contribution in [0.2, 0.25) is 0 Å². The molecule has 0 aliphatic heterocycles. The third kappa shape index (κ3) is 2.50. The molecule has 0 amide bonds. The fourth-order valence-electron chi connectivity index (χ4n) is 4.94. The van der Waals surface area contributed by atoms with Gasteiger partial charge in [-0.05, 0) is 39.6 Å². The molecule has 4 aromatic carbocycles. The molecular formula is C28H22N2. The van der Waals surface area contributed by atoms with Gasteiger partial charge >= 0.3 is 0 Å². The van der Waals surface area contributed by atoms with E-state index in [1.807, 2.05) is 0 Å². The highest BCUT2D eigenvalue weighted by Crippen LogP contribution is 2.42. The van der Waals surface area contributed by atoms with Gasteiger partial charge in [-0.2, -0.15) is 0 Å². The summed E-state index contributed by atoms with van der Waals surface area (Å²) in [6, 6.07) is 32.7. The summed E-state index contributed by atoms with van der Waals surface area (Å²) in [5.41, 5.74) is 6.44. The molecule has 2 heteroatoms. The maximum absolute atomic E-state index is 3.50. The fourth-order valence-corrected chi connectivity index (χ4v) is 4.94. The monoisotopic (exact) mass is 386 g/mol. The largest absolute Gasteiger partial charge is 0.361 e. The van der Waals surface area contributed by atoms with Gasteiger partial charge in [-0.3, -0.25) is 0 Å². The van der Waals surface area contributed by atoms with E-state index in [-0.39, 0.29) is 5.92 Å². The molecule has 1 atom stereocenters. The van der Waals surface area contributed by atoms with E-state index in [4.69, 9.17) is 0 Å². The molecule has 2 nitrogen and oxygen atoms in total. The lowest BCUT2D eigenvalue weighted by atomic mass is 9.82. The molecule has 0 radical (unpaired) electrons. The normalized spacial score (nSPS) is 12.7. The predicted molar refractivity (Wildman–Crippen MR) is 126 cm³/mol. The Hall–Kier alpha value is -3.78. The summed E-state index contributed by atoms with van der Waals surface area (Å²) in [4.78, 5) is 3.50. The second kappa shape index (κ2) is 6.64. The van der Waals surface area contributed by atoms with E-state index in [1.165, 1.54) is 49.3 Å². The Morgan fingerprint density at radius 2 is 1.33 bits per heavy atom. The zero-order valence-corrected chi connectivity index (χ0v) is 16.8. The Morgan fingerprint density at radius 3 is 2.23 bits per heavy atom. The van der Waals surface area contributed by atoms with Gasteiger partial charge in [-0.25, -0.2) is 0 Å². The molecule has 6 aromatic rings. The summed E-state index contributed by atoms with van der Waals surface area (Å²) in [6.07, 6.45) is 4.50. The van der Waals surface area contributed by atoms with Gasteiger partial charge < -0.3 is 9.55 Å². The van der Waals surface area contributed by atoms with Crippen LogP contribution in [0.3, 0.4) is 0 Å². The van der Waals surface area contributed by atoms with Gasteiger partial charge in [0, 0.05) is 47.2 Å². The number of hydrogen-bond donors (Lipinski definition) is 1.